The smallest absolute Gasteiger partial charge is 0.239 e. The molecule has 2 heterocycles. The number of aromatic nitrogens is 3. The maximum Gasteiger partial charge on any atom is 0.239 e. The normalized spacial score (nSPS) is 14.0. The van der Waals surface area contributed by atoms with E-state index in [0.717, 1.165) is 39.7 Å². The SMILES string of the molecule is Cc1ccc(-n2nc(C)c3sc(N(C)CC(=O)NC4CC4)nc32)cc1. The van der Waals surface area contributed by atoms with E-state index >= 15 is 0 Å². The van der Waals surface area contributed by atoms with Gasteiger partial charge in [-0.3, -0.25) is 4.79 Å². The van der Waals surface area contributed by atoms with E-state index in [-0.39, 0.29) is 5.91 Å². The summed E-state index contributed by atoms with van der Waals surface area (Å²) >= 11 is 1.58. The third-order valence-corrected chi connectivity index (χ3v) is 5.57. The summed E-state index contributed by atoms with van der Waals surface area (Å²) in [5.74, 6) is 0.0566. The highest BCUT2D eigenvalue weighted by Crippen LogP contribution is 2.32. The fourth-order valence-corrected chi connectivity index (χ4v) is 3.68. The minimum absolute atomic E-state index is 0.0566. The molecular formula is C18H21N5OS. The zero-order valence-corrected chi connectivity index (χ0v) is 15.4. The van der Waals surface area contributed by atoms with Crippen molar-refractivity contribution in [1.82, 2.24) is 20.1 Å². The van der Waals surface area contributed by atoms with E-state index in [4.69, 9.17) is 4.98 Å². The molecule has 7 heteroatoms. The predicted octanol–water partition coefficient (Wildman–Crippen LogP) is 2.81. The number of fused-ring (bicyclic) bond motifs is 1. The van der Waals surface area contributed by atoms with Gasteiger partial charge in [-0.25, -0.2) is 4.68 Å². The number of carbonyl (C=O) groups excluding carboxylic acids is 1. The van der Waals surface area contributed by atoms with Gasteiger partial charge < -0.3 is 10.2 Å². The number of carbonyl (C=O) groups is 1. The van der Waals surface area contributed by atoms with Crippen molar-refractivity contribution in [2.75, 3.05) is 18.5 Å². The third kappa shape index (κ3) is 3.24. The average molecular weight is 355 g/mol. The van der Waals surface area contributed by atoms with Crippen LogP contribution in [0.4, 0.5) is 5.13 Å². The van der Waals surface area contributed by atoms with E-state index in [1.165, 1.54) is 5.56 Å². The molecule has 0 saturated heterocycles. The number of nitrogens with zero attached hydrogens (tertiary/aromatic N) is 4. The topological polar surface area (TPSA) is 63.1 Å². The Morgan fingerprint density at radius 1 is 1.32 bits per heavy atom. The van der Waals surface area contributed by atoms with Gasteiger partial charge in [0, 0.05) is 13.1 Å². The number of hydrogen-bond acceptors (Lipinski definition) is 5. The molecule has 1 aliphatic carbocycles. The van der Waals surface area contributed by atoms with Gasteiger partial charge in [-0.15, -0.1) is 0 Å². The third-order valence-electron chi connectivity index (χ3n) is 4.31. The summed E-state index contributed by atoms with van der Waals surface area (Å²) < 4.78 is 2.94. The maximum atomic E-state index is 12.0. The van der Waals surface area contributed by atoms with Gasteiger partial charge in [0.05, 0.1) is 22.6 Å². The number of rotatable bonds is 5. The van der Waals surface area contributed by atoms with Crippen molar-refractivity contribution in [2.24, 2.45) is 0 Å². The maximum absolute atomic E-state index is 12.0. The van der Waals surface area contributed by atoms with Crippen LogP contribution in [-0.2, 0) is 4.79 Å². The number of anilines is 1. The molecule has 1 fully saturated rings. The summed E-state index contributed by atoms with van der Waals surface area (Å²) in [4.78, 5) is 18.7. The Morgan fingerprint density at radius 2 is 2.04 bits per heavy atom. The zero-order chi connectivity index (χ0) is 17.6. The fraction of sp³-hybridized carbons (Fsp3) is 0.389. The van der Waals surface area contributed by atoms with E-state index in [0.29, 0.717) is 12.6 Å². The molecule has 3 aromatic rings. The van der Waals surface area contributed by atoms with Crippen LogP contribution in [0.1, 0.15) is 24.1 Å². The van der Waals surface area contributed by atoms with Crippen LogP contribution in [0.15, 0.2) is 24.3 Å². The molecule has 0 aliphatic heterocycles. The van der Waals surface area contributed by atoms with Gasteiger partial charge in [-0.05, 0) is 38.8 Å². The molecular weight excluding hydrogens is 334 g/mol. The average Bonchev–Trinajstić information content (AvgIpc) is 3.18. The van der Waals surface area contributed by atoms with E-state index < -0.39 is 0 Å². The van der Waals surface area contributed by atoms with E-state index in [1.807, 2.05) is 35.7 Å². The number of thiazole rings is 1. The molecule has 1 amide bonds. The van der Waals surface area contributed by atoms with Crippen molar-refractivity contribution >= 4 is 32.7 Å². The van der Waals surface area contributed by atoms with Crippen molar-refractivity contribution in [3.8, 4) is 5.69 Å². The molecule has 1 saturated carbocycles. The van der Waals surface area contributed by atoms with Crippen molar-refractivity contribution < 1.29 is 4.79 Å². The van der Waals surface area contributed by atoms with Crippen LogP contribution >= 0.6 is 11.3 Å². The second kappa shape index (κ2) is 6.15. The van der Waals surface area contributed by atoms with Gasteiger partial charge in [-0.1, -0.05) is 29.0 Å². The lowest BCUT2D eigenvalue weighted by Crippen LogP contribution is -2.36. The highest BCUT2D eigenvalue weighted by molar-refractivity contribution is 7.22. The molecule has 0 bridgehead atoms. The van der Waals surface area contributed by atoms with Gasteiger partial charge in [0.25, 0.3) is 0 Å². The monoisotopic (exact) mass is 355 g/mol. The molecule has 0 spiro atoms. The molecule has 0 atom stereocenters. The van der Waals surface area contributed by atoms with E-state index in [1.54, 1.807) is 11.3 Å². The lowest BCUT2D eigenvalue weighted by Gasteiger charge is -2.15. The zero-order valence-electron chi connectivity index (χ0n) is 14.6. The number of benzene rings is 1. The first-order valence-electron chi connectivity index (χ1n) is 8.45. The summed E-state index contributed by atoms with van der Waals surface area (Å²) in [5, 5.41) is 8.48. The quantitative estimate of drug-likeness (QED) is 0.764. The summed E-state index contributed by atoms with van der Waals surface area (Å²) in [6.07, 6.45) is 2.20. The Labute approximate surface area is 150 Å². The molecule has 1 aliphatic rings. The lowest BCUT2D eigenvalue weighted by atomic mass is 10.2. The highest BCUT2D eigenvalue weighted by atomic mass is 32.1. The number of hydrogen-bond donors (Lipinski definition) is 1. The Bertz CT molecular complexity index is 923. The molecule has 0 radical (unpaired) electrons. The molecule has 1 N–H and O–H groups in total. The molecule has 25 heavy (non-hydrogen) atoms. The Hall–Kier alpha value is -2.41. The second-order valence-corrected chi connectivity index (χ2v) is 7.66. The first-order chi connectivity index (χ1) is 12.0. The van der Waals surface area contributed by atoms with Gasteiger partial charge in [0.1, 0.15) is 0 Å². The molecule has 130 valence electrons. The first kappa shape index (κ1) is 16.1. The minimum atomic E-state index is 0.0566. The van der Waals surface area contributed by atoms with Gasteiger partial charge in [0.15, 0.2) is 10.8 Å². The summed E-state index contributed by atoms with van der Waals surface area (Å²) in [6.45, 7) is 4.38. The van der Waals surface area contributed by atoms with Crippen LogP contribution in [-0.4, -0.2) is 40.3 Å². The lowest BCUT2D eigenvalue weighted by molar-refractivity contribution is -0.119. The van der Waals surface area contributed by atoms with Crippen molar-refractivity contribution in [2.45, 2.75) is 32.7 Å². The van der Waals surface area contributed by atoms with E-state index in [9.17, 15) is 4.79 Å². The molecule has 1 aromatic carbocycles. The first-order valence-corrected chi connectivity index (χ1v) is 9.26. The Morgan fingerprint density at radius 3 is 2.72 bits per heavy atom. The van der Waals surface area contributed by atoms with Gasteiger partial charge in [-0.2, -0.15) is 10.1 Å². The van der Waals surface area contributed by atoms with Crippen LogP contribution in [0.25, 0.3) is 16.0 Å². The Kier molecular flexibility index (Phi) is 3.95. The Balaban J connectivity index is 1.62. The van der Waals surface area contributed by atoms with Crippen molar-refractivity contribution in [1.29, 1.82) is 0 Å². The fourth-order valence-electron chi connectivity index (χ4n) is 2.74. The number of likely N-dealkylation sites (N-methyl/N-ethyl adjacent to an activating group) is 1. The minimum Gasteiger partial charge on any atom is -0.352 e. The van der Waals surface area contributed by atoms with Crippen LogP contribution in [0, 0.1) is 13.8 Å². The molecule has 4 rings (SSSR count). The van der Waals surface area contributed by atoms with Crippen LogP contribution < -0.4 is 10.2 Å². The summed E-state index contributed by atoms with van der Waals surface area (Å²) in [7, 11) is 1.91. The van der Waals surface area contributed by atoms with Crippen molar-refractivity contribution in [3.63, 3.8) is 0 Å². The van der Waals surface area contributed by atoms with Gasteiger partial charge >= 0.3 is 0 Å². The molecule has 0 unspecified atom stereocenters. The largest absolute Gasteiger partial charge is 0.352 e. The van der Waals surface area contributed by atoms with Crippen LogP contribution in [0.3, 0.4) is 0 Å². The van der Waals surface area contributed by atoms with Crippen molar-refractivity contribution in [3.05, 3.63) is 35.5 Å². The number of aryl methyl sites for hydroxylation is 2. The summed E-state index contributed by atoms with van der Waals surface area (Å²) in [6, 6.07) is 8.62. The van der Waals surface area contributed by atoms with Crippen LogP contribution in [0.2, 0.25) is 0 Å². The highest BCUT2D eigenvalue weighted by Gasteiger charge is 2.24. The standard InChI is InChI=1S/C18H21N5OS/c1-11-4-8-14(9-5-11)23-17-16(12(2)21-23)25-18(20-17)22(3)10-15(24)19-13-6-7-13/h4-5,8-9,13H,6-7,10H2,1-3H3,(H,19,24). The summed E-state index contributed by atoms with van der Waals surface area (Å²) in [5.41, 5.74) is 4.00. The number of amides is 1. The molecule has 6 nitrogen and oxygen atoms in total. The predicted molar refractivity (Wildman–Crippen MR) is 101 cm³/mol. The number of nitrogens with one attached hydrogen (secondary N) is 1. The second-order valence-electron chi connectivity index (χ2n) is 6.68. The van der Waals surface area contributed by atoms with E-state index in [2.05, 4.69) is 29.5 Å². The van der Waals surface area contributed by atoms with Gasteiger partial charge in [0.2, 0.25) is 5.91 Å². The molecule has 2 aromatic heterocycles. The van der Waals surface area contributed by atoms with Crippen LogP contribution in [0.5, 0.6) is 0 Å².